The Bertz CT molecular complexity index is 1150. The topological polar surface area (TPSA) is 120 Å². The Morgan fingerprint density at radius 1 is 1.10 bits per heavy atom. The van der Waals surface area contributed by atoms with Crippen LogP contribution in [0.15, 0.2) is 56.7 Å². The number of furan rings is 1. The molecule has 10 heteroatoms. The van der Waals surface area contributed by atoms with Gasteiger partial charge < -0.3 is 14.3 Å². The summed E-state index contributed by atoms with van der Waals surface area (Å²) in [6.45, 7) is 4.20. The molecule has 0 aliphatic heterocycles. The number of carbonyl (C=O) groups is 1. The van der Waals surface area contributed by atoms with E-state index in [9.17, 15) is 4.79 Å². The van der Waals surface area contributed by atoms with Crippen LogP contribution in [-0.4, -0.2) is 37.5 Å². The minimum atomic E-state index is -0.302. The van der Waals surface area contributed by atoms with Crippen LogP contribution in [0.1, 0.15) is 33.6 Å². The fourth-order valence-electron chi connectivity index (χ4n) is 2.80. The van der Waals surface area contributed by atoms with Gasteiger partial charge in [-0.05, 0) is 44.2 Å². The molecule has 4 rings (SSSR count). The van der Waals surface area contributed by atoms with E-state index in [1.807, 2.05) is 32.0 Å². The third kappa shape index (κ3) is 5.54. The molecule has 4 heterocycles. The highest BCUT2D eigenvalue weighted by Crippen LogP contribution is 2.21. The van der Waals surface area contributed by atoms with Gasteiger partial charge in [-0.1, -0.05) is 23.0 Å². The quantitative estimate of drug-likeness (QED) is 0.327. The van der Waals surface area contributed by atoms with Crippen LogP contribution in [0.25, 0.3) is 11.5 Å². The first kappa shape index (κ1) is 20.7. The molecule has 0 saturated carbocycles. The number of carbonyl (C=O) groups excluding carboxylic acids is 1. The van der Waals surface area contributed by atoms with Crippen molar-refractivity contribution in [1.82, 2.24) is 30.4 Å². The SMILES string of the molecule is Cc1cc(C)nc(SCc2ccc(C(=O)NCCc3nc(-c4ccccn4)no3)o2)n1. The zero-order chi connectivity index (χ0) is 21.6. The molecule has 0 unspecified atom stereocenters. The number of nitrogens with one attached hydrogen (secondary N) is 1. The number of nitrogens with zero attached hydrogens (tertiary/aromatic N) is 5. The summed E-state index contributed by atoms with van der Waals surface area (Å²) >= 11 is 1.46. The smallest absolute Gasteiger partial charge is 0.287 e. The molecule has 0 aromatic carbocycles. The Balaban J connectivity index is 1.26. The highest BCUT2D eigenvalue weighted by Gasteiger charge is 2.13. The Morgan fingerprint density at radius 2 is 1.94 bits per heavy atom. The maximum absolute atomic E-state index is 12.3. The van der Waals surface area contributed by atoms with Crippen LogP contribution in [-0.2, 0) is 12.2 Å². The van der Waals surface area contributed by atoms with E-state index in [1.165, 1.54) is 11.8 Å². The molecule has 0 bridgehead atoms. The van der Waals surface area contributed by atoms with Crippen LogP contribution in [0.5, 0.6) is 0 Å². The summed E-state index contributed by atoms with van der Waals surface area (Å²) in [5.41, 5.74) is 2.47. The van der Waals surface area contributed by atoms with Gasteiger partial charge >= 0.3 is 0 Å². The third-order valence-electron chi connectivity index (χ3n) is 4.18. The second-order valence-electron chi connectivity index (χ2n) is 6.72. The fourth-order valence-corrected chi connectivity index (χ4v) is 3.64. The van der Waals surface area contributed by atoms with Gasteiger partial charge in [-0.3, -0.25) is 9.78 Å². The predicted molar refractivity (Wildman–Crippen MR) is 113 cm³/mol. The minimum Gasteiger partial charge on any atom is -0.455 e. The lowest BCUT2D eigenvalue weighted by atomic mass is 10.3. The normalized spacial score (nSPS) is 10.9. The van der Waals surface area contributed by atoms with Crippen LogP contribution >= 0.6 is 11.8 Å². The molecule has 0 fully saturated rings. The fraction of sp³-hybridized carbons (Fsp3) is 0.238. The lowest BCUT2D eigenvalue weighted by Crippen LogP contribution is -2.25. The lowest BCUT2D eigenvalue weighted by molar-refractivity contribution is 0.0924. The van der Waals surface area contributed by atoms with E-state index in [2.05, 4.69) is 30.4 Å². The Morgan fingerprint density at radius 3 is 2.71 bits per heavy atom. The van der Waals surface area contributed by atoms with Gasteiger partial charge in [0.05, 0.1) is 5.75 Å². The summed E-state index contributed by atoms with van der Waals surface area (Å²) < 4.78 is 10.9. The van der Waals surface area contributed by atoms with Crippen LogP contribution in [0.2, 0.25) is 0 Å². The van der Waals surface area contributed by atoms with E-state index in [0.29, 0.717) is 47.0 Å². The molecule has 0 spiro atoms. The zero-order valence-corrected chi connectivity index (χ0v) is 17.8. The van der Waals surface area contributed by atoms with Crippen molar-refractivity contribution >= 4 is 17.7 Å². The molecular formula is C21H20N6O3S. The van der Waals surface area contributed by atoms with E-state index in [1.54, 1.807) is 24.4 Å². The maximum Gasteiger partial charge on any atom is 0.287 e. The average Bonchev–Trinajstić information content (AvgIpc) is 3.42. The molecule has 1 N–H and O–H groups in total. The average molecular weight is 436 g/mol. The first-order chi connectivity index (χ1) is 15.1. The maximum atomic E-state index is 12.3. The van der Waals surface area contributed by atoms with E-state index >= 15 is 0 Å². The minimum absolute atomic E-state index is 0.247. The Hall–Kier alpha value is -3.53. The van der Waals surface area contributed by atoms with Crippen LogP contribution < -0.4 is 5.32 Å². The lowest BCUT2D eigenvalue weighted by Gasteiger charge is -2.02. The molecule has 0 radical (unpaired) electrons. The number of hydrogen-bond acceptors (Lipinski definition) is 9. The number of hydrogen-bond donors (Lipinski definition) is 1. The van der Waals surface area contributed by atoms with Crippen molar-refractivity contribution in [2.45, 2.75) is 31.2 Å². The molecule has 158 valence electrons. The number of pyridine rings is 1. The first-order valence-corrected chi connectivity index (χ1v) is 10.6. The molecule has 1 amide bonds. The second kappa shape index (κ2) is 9.52. The van der Waals surface area contributed by atoms with Gasteiger partial charge in [-0.2, -0.15) is 4.98 Å². The standard InChI is InChI=1S/C21H20N6O3S/c1-13-11-14(2)25-21(24-13)31-12-15-6-7-17(29-15)20(28)23-10-8-18-26-19(27-30-18)16-5-3-4-9-22-16/h3-7,9,11H,8,10,12H2,1-2H3,(H,23,28). The van der Waals surface area contributed by atoms with E-state index in [-0.39, 0.29) is 11.7 Å². The second-order valence-corrected chi connectivity index (χ2v) is 7.66. The summed E-state index contributed by atoms with van der Waals surface area (Å²) in [5, 5.41) is 7.39. The molecule has 0 saturated heterocycles. The number of aromatic nitrogens is 5. The van der Waals surface area contributed by atoms with Gasteiger partial charge in [0.1, 0.15) is 11.5 Å². The van der Waals surface area contributed by atoms with E-state index in [0.717, 1.165) is 11.4 Å². The summed E-state index contributed by atoms with van der Waals surface area (Å²) in [6, 6.07) is 10.8. The van der Waals surface area contributed by atoms with Crippen molar-refractivity contribution in [1.29, 1.82) is 0 Å². The van der Waals surface area contributed by atoms with Crippen LogP contribution in [0, 0.1) is 13.8 Å². The van der Waals surface area contributed by atoms with Crippen molar-refractivity contribution in [3.8, 4) is 11.5 Å². The van der Waals surface area contributed by atoms with Crippen molar-refractivity contribution in [2.75, 3.05) is 6.54 Å². The molecule has 0 aliphatic carbocycles. The monoisotopic (exact) mass is 436 g/mol. The van der Waals surface area contributed by atoms with Gasteiger partial charge in [-0.15, -0.1) is 0 Å². The van der Waals surface area contributed by atoms with Gasteiger partial charge in [0.2, 0.25) is 11.7 Å². The highest BCUT2D eigenvalue weighted by atomic mass is 32.2. The first-order valence-electron chi connectivity index (χ1n) is 9.63. The van der Waals surface area contributed by atoms with Crippen molar-refractivity contribution < 1.29 is 13.7 Å². The summed E-state index contributed by atoms with van der Waals surface area (Å²) in [4.78, 5) is 29.6. The summed E-state index contributed by atoms with van der Waals surface area (Å²) in [5.74, 6) is 2.00. The Kier molecular flexibility index (Phi) is 6.37. The Labute approximate surface area is 182 Å². The number of rotatable bonds is 8. The number of amides is 1. The van der Waals surface area contributed by atoms with E-state index in [4.69, 9.17) is 8.94 Å². The molecule has 9 nitrogen and oxygen atoms in total. The van der Waals surface area contributed by atoms with Crippen molar-refractivity contribution in [2.24, 2.45) is 0 Å². The highest BCUT2D eigenvalue weighted by molar-refractivity contribution is 7.98. The third-order valence-corrected chi connectivity index (χ3v) is 5.05. The summed E-state index contributed by atoms with van der Waals surface area (Å²) in [7, 11) is 0. The van der Waals surface area contributed by atoms with Gasteiger partial charge in [0.15, 0.2) is 10.9 Å². The zero-order valence-electron chi connectivity index (χ0n) is 17.0. The van der Waals surface area contributed by atoms with Gasteiger partial charge in [0, 0.05) is 30.6 Å². The molecule has 4 aromatic heterocycles. The molecule has 0 atom stereocenters. The number of aryl methyl sites for hydroxylation is 2. The van der Waals surface area contributed by atoms with Gasteiger partial charge in [0.25, 0.3) is 5.91 Å². The molecule has 0 aliphatic rings. The predicted octanol–water partition coefficient (Wildman–Crippen LogP) is 3.40. The van der Waals surface area contributed by atoms with Gasteiger partial charge in [-0.25, -0.2) is 9.97 Å². The molecular weight excluding hydrogens is 416 g/mol. The molecule has 31 heavy (non-hydrogen) atoms. The molecule has 4 aromatic rings. The van der Waals surface area contributed by atoms with Crippen molar-refractivity contribution in [3.05, 3.63) is 71.4 Å². The van der Waals surface area contributed by atoms with Crippen LogP contribution in [0.4, 0.5) is 0 Å². The van der Waals surface area contributed by atoms with Crippen LogP contribution in [0.3, 0.4) is 0 Å². The van der Waals surface area contributed by atoms with Crippen molar-refractivity contribution in [3.63, 3.8) is 0 Å². The summed E-state index contributed by atoms with van der Waals surface area (Å²) in [6.07, 6.45) is 2.07. The van der Waals surface area contributed by atoms with E-state index < -0.39 is 0 Å². The largest absolute Gasteiger partial charge is 0.455 e. The number of thioether (sulfide) groups is 1.